The van der Waals surface area contributed by atoms with Crippen molar-refractivity contribution < 1.29 is 18.0 Å². The van der Waals surface area contributed by atoms with Gasteiger partial charge in [-0.3, -0.25) is 4.79 Å². The summed E-state index contributed by atoms with van der Waals surface area (Å²) in [6, 6.07) is 3.30. The molecule has 0 bridgehead atoms. The fourth-order valence-corrected chi connectivity index (χ4v) is 1.79. The Balaban J connectivity index is 2.19. The molecule has 1 aliphatic rings. The third-order valence-electron chi connectivity index (χ3n) is 2.68. The summed E-state index contributed by atoms with van der Waals surface area (Å²) in [7, 11) is 0. The van der Waals surface area contributed by atoms with Crippen LogP contribution in [-0.2, 0) is 11.3 Å². The average molecular weight is 315 g/mol. The lowest BCUT2D eigenvalue weighted by molar-refractivity contribution is -0.165. The second-order valence-electron chi connectivity index (χ2n) is 4.25. The highest BCUT2D eigenvalue weighted by molar-refractivity contribution is 6.29. The summed E-state index contributed by atoms with van der Waals surface area (Å²) in [6.07, 6.45) is 3.47. The number of alkyl halides is 3. The maximum absolute atomic E-state index is 12.3. The standard InChI is InChI=1S/C14H10ClF3N2O/c15-13-5-4-10(8-19-13)9-20-6-2-1-3-11(20)7-12(21)14(16,17)18/h1-8H,9H2/b11-7-. The number of aromatic nitrogens is 1. The zero-order valence-electron chi connectivity index (χ0n) is 10.6. The zero-order chi connectivity index (χ0) is 15.5. The molecule has 0 spiro atoms. The number of hydrogen-bond acceptors (Lipinski definition) is 3. The van der Waals surface area contributed by atoms with Gasteiger partial charge in [-0.15, -0.1) is 0 Å². The van der Waals surface area contributed by atoms with E-state index < -0.39 is 12.0 Å². The molecule has 2 heterocycles. The number of pyridine rings is 1. The quantitative estimate of drug-likeness (QED) is 0.631. The molecule has 0 fully saturated rings. The van der Waals surface area contributed by atoms with Gasteiger partial charge in [-0.2, -0.15) is 13.2 Å². The van der Waals surface area contributed by atoms with Crippen LogP contribution in [0.4, 0.5) is 13.2 Å². The first kappa shape index (κ1) is 15.3. The molecule has 0 radical (unpaired) electrons. The van der Waals surface area contributed by atoms with Gasteiger partial charge in [0.15, 0.2) is 0 Å². The monoisotopic (exact) mass is 314 g/mol. The van der Waals surface area contributed by atoms with Gasteiger partial charge in [0.1, 0.15) is 5.15 Å². The average Bonchev–Trinajstić information content (AvgIpc) is 2.42. The molecule has 0 aliphatic carbocycles. The highest BCUT2D eigenvalue weighted by atomic mass is 35.5. The van der Waals surface area contributed by atoms with Crippen molar-refractivity contribution in [3.8, 4) is 0 Å². The molecule has 3 nitrogen and oxygen atoms in total. The summed E-state index contributed by atoms with van der Waals surface area (Å²) < 4.78 is 37.0. The summed E-state index contributed by atoms with van der Waals surface area (Å²) in [5.74, 6) is -1.89. The molecule has 7 heteroatoms. The predicted molar refractivity (Wildman–Crippen MR) is 72.2 cm³/mol. The molecule has 0 saturated heterocycles. The highest BCUT2D eigenvalue weighted by Gasteiger charge is 2.37. The van der Waals surface area contributed by atoms with E-state index in [0.717, 1.165) is 5.56 Å². The van der Waals surface area contributed by atoms with E-state index in [1.807, 2.05) is 0 Å². The molecule has 110 valence electrons. The minimum absolute atomic E-state index is 0.162. The van der Waals surface area contributed by atoms with Crippen molar-refractivity contribution in [2.24, 2.45) is 0 Å². The molecule has 1 aliphatic heterocycles. The first-order valence-electron chi connectivity index (χ1n) is 5.91. The van der Waals surface area contributed by atoms with Crippen LogP contribution >= 0.6 is 11.6 Å². The molecule has 0 unspecified atom stereocenters. The Kier molecular flexibility index (Phi) is 4.47. The maximum Gasteiger partial charge on any atom is 0.454 e. The van der Waals surface area contributed by atoms with Gasteiger partial charge in [-0.05, 0) is 23.8 Å². The van der Waals surface area contributed by atoms with Gasteiger partial charge in [0, 0.05) is 30.7 Å². The molecule has 1 aromatic heterocycles. The number of nitrogens with zero attached hydrogens (tertiary/aromatic N) is 2. The number of rotatable bonds is 3. The third kappa shape index (κ3) is 4.19. The van der Waals surface area contributed by atoms with Crippen LogP contribution in [-0.4, -0.2) is 21.8 Å². The molecule has 0 amide bonds. The summed E-state index contributed by atoms with van der Waals surface area (Å²) in [5, 5.41) is 0.329. The Morgan fingerprint density at radius 3 is 2.71 bits per heavy atom. The Bertz CT molecular complexity index is 618. The van der Waals surface area contributed by atoms with E-state index in [-0.39, 0.29) is 12.2 Å². The molecule has 2 rings (SSSR count). The molecule has 1 aromatic rings. The summed E-state index contributed by atoms with van der Waals surface area (Å²) in [5.41, 5.74) is 0.916. The molecule has 0 atom stereocenters. The van der Waals surface area contributed by atoms with Crippen molar-refractivity contribution in [2.75, 3.05) is 0 Å². The van der Waals surface area contributed by atoms with E-state index >= 15 is 0 Å². The second-order valence-corrected chi connectivity index (χ2v) is 4.64. The normalized spacial score (nSPS) is 16.6. The number of ketones is 1. The lowest BCUT2D eigenvalue weighted by Crippen LogP contribution is -2.24. The van der Waals surface area contributed by atoms with Crippen molar-refractivity contribution in [2.45, 2.75) is 12.7 Å². The number of carbonyl (C=O) groups excluding carboxylic acids is 1. The fraction of sp³-hybridized carbons (Fsp3) is 0.143. The van der Waals surface area contributed by atoms with E-state index in [0.29, 0.717) is 11.2 Å². The number of hydrogen-bond donors (Lipinski definition) is 0. The SMILES string of the molecule is O=C(/C=C1/C=CC=CN1Cc1ccc(Cl)nc1)C(F)(F)F. The van der Waals surface area contributed by atoms with Gasteiger partial charge in [0.2, 0.25) is 0 Å². The van der Waals surface area contributed by atoms with Crippen molar-refractivity contribution >= 4 is 17.4 Å². The lowest BCUT2D eigenvalue weighted by atomic mass is 10.2. The van der Waals surface area contributed by atoms with Gasteiger partial charge in [0.25, 0.3) is 5.78 Å². The van der Waals surface area contributed by atoms with Crippen LogP contribution in [0.1, 0.15) is 5.56 Å². The van der Waals surface area contributed by atoms with Crippen molar-refractivity contribution in [1.29, 1.82) is 0 Å². The molecule has 0 N–H and O–H groups in total. The first-order chi connectivity index (χ1) is 9.86. The second kappa shape index (κ2) is 6.13. The van der Waals surface area contributed by atoms with Gasteiger partial charge < -0.3 is 4.90 Å². The Hall–Kier alpha value is -2.08. The summed E-state index contributed by atoms with van der Waals surface area (Å²) >= 11 is 5.67. The fourth-order valence-electron chi connectivity index (χ4n) is 1.68. The number of allylic oxidation sites excluding steroid dienone is 4. The molecule has 0 aromatic carbocycles. The minimum atomic E-state index is -4.88. The number of halogens is 4. The van der Waals surface area contributed by atoms with Crippen molar-refractivity contribution in [3.63, 3.8) is 0 Å². The first-order valence-corrected chi connectivity index (χ1v) is 6.29. The highest BCUT2D eigenvalue weighted by Crippen LogP contribution is 2.21. The van der Waals surface area contributed by atoms with Crippen LogP contribution in [0.5, 0.6) is 0 Å². The van der Waals surface area contributed by atoms with Crippen LogP contribution in [0.15, 0.2) is 54.5 Å². The smallest absolute Gasteiger partial charge is 0.343 e. The Labute approximate surface area is 124 Å². The third-order valence-corrected chi connectivity index (χ3v) is 2.90. The minimum Gasteiger partial charge on any atom is -0.343 e. The molecule has 21 heavy (non-hydrogen) atoms. The van der Waals surface area contributed by atoms with Crippen LogP contribution in [0.2, 0.25) is 5.15 Å². The summed E-state index contributed by atoms with van der Waals surface area (Å²) in [6.45, 7) is 0.280. The number of carbonyl (C=O) groups is 1. The van der Waals surface area contributed by atoms with Crippen LogP contribution in [0, 0.1) is 0 Å². The molecular weight excluding hydrogens is 305 g/mol. The van der Waals surface area contributed by atoms with E-state index in [1.165, 1.54) is 17.2 Å². The van der Waals surface area contributed by atoms with E-state index in [4.69, 9.17) is 11.6 Å². The molecular formula is C14H10ClF3N2O. The summed E-state index contributed by atoms with van der Waals surface area (Å²) in [4.78, 5) is 16.5. The van der Waals surface area contributed by atoms with Crippen LogP contribution in [0.3, 0.4) is 0 Å². The Morgan fingerprint density at radius 2 is 2.10 bits per heavy atom. The maximum atomic E-state index is 12.3. The van der Waals surface area contributed by atoms with Crippen LogP contribution < -0.4 is 0 Å². The lowest BCUT2D eigenvalue weighted by Gasteiger charge is -2.23. The van der Waals surface area contributed by atoms with E-state index in [1.54, 1.807) is 30.5 Å². The molecule has 0 saturated carbocycles. The van der Waals surface area contributed by atoms with Crippen molar-refractivity contribution in [3.05, 3.63) is 65.2 Å². The zero-order valence-corrected chi connectivity index (χ0v) is 11.4. The topological polar surface area (TPSA) is 33.2 Å². The van der Waals surface area contributed by atoms with Crippen molar-refractivity contribution in [1.82, 2.24) is 9.88 Å². The van der Waals surface area contributed by atoms with Gasteiger partial charge in [-0.1, -0.05) is 23.7 Å². The van der Waals surface area contributed by atoms with E-state index in [2.05, 4.69) is 4.98 Å². The largest absolute Gasteiger partial charge is 0.454 e. The van der Waals surface area contributed by atoms with Crippen LogP contribution in [0.25, 0.3) is 0 Å². The predicted octanol–water partition coefficient (Wildman–Crippen LogP) is 3.64. The Morgan fingerprint density at radius 1 is 1.33 bits per heavy atom. The van der Waals surface area contributed by atoms with Gasteiger partial charge in [0.05, 0.1) is 0 Å². The van der Waals surface area contributed by atoms with Gasteiger partial charge in [-0.25, -0.2) is 4.98 Å². The van der Waals surface area contributed by atoms with Gasteiger partial charge >= 0.3 is 6.18 Å². The van der Waals surface area contributed by atoms with E-state index in [9.17, 15) is 18.0 Å².